The van der Waals surface area contributed by atoms with E-state index in [1.165, 1.54) is 17.6 Å². The number of thiazole rings is 1. The molecule has 1 atom stereocenters. The van der Waals surface area contributed by atoms with Crippen molar-refractivity contribution in [1.29, 1.82) is 0 Å². The Balaban J connectivity index is 0.00000169. The van der Waals surface area contributed by atoms with Crippen molar-refractivity contribution in [2.75, 3.05) is 25.0 Å². The van der Waals surface area contributed by atoms with E-state index in [9.17, 15) is 9.59 Å². The van der Waals surface area contributed by atoms with E-state index in [0.29, 0.717) is 28.7 Å². The summed E-state index contributed by atoms with van der Waals surface area (Å²) in [4.78, 5) is 30.8. The first-order valence-electron chi connectivity index (χ1n) is 7.84. The molecule has 144 valence electrons. The quantitative estimate of drug-likeness (QED) is 0.792. The van der Waals surface area contributed by atoms with E-state index in [2.05, 4.69) is 15.6 Å². The maximum absolute atomic E-state index is 12.4. The first-order chi connectivity index (χ1) is 11.5. The van der Waals surface area contributed by atoms with Crippen LogP contribution in [0.5, 0.6) is 0 Å². The molecule has 0 spiro atoms. The van der Waals surface area contributed by atoms with Crippen LogP contribution in [0.1, 0.15) is 28.7 Å². The number of piperazine rings is 1. The molecule has 2 aromatic heterocycles. The van der Waals surface area contributed by atoms with Crippen LogP contribution in [0, 0.1) is 6.92 Å². The lowest BCUT2D eigenvalue weighted by molar-refractivity contribution is -0.133. The van der Waals surface area contributed by atoms with Gasteiger partial charge in [0.05, 0.1) is 23.9 Å². The molecule has 3 heterocycles. The standard InChI is InChI=1S/C16H20N4O3S.2ClH/c1-10-8-17-4-5-20(10)14(21)7-12-9-24-16(18-12)19-15(22)13-3-6-23-11(13)2;;/h3,6,9-10,17H,4-5,7-8H2,1-2H3,(H,18,19,22);2*1H. The molecule has 3 rings (SSSR count). The second kappa shape index (κ2) is 9.91. The van der Waals surface area contributed by atoms with Crippen LogP contribution in [-0.4, -0.2) is 47.4 Å². The molecule has 7 nitrogen and oxygen atoms in total. The normalized spacial score (nSPS) is 16.4. The minimum absolute atomic E-state index is 0. The highest BCUT2D eigenvalue weighted by molar-refractivity contribution is 7.14. The van der Waals surface area contributed by atoms with E-state index < -0.39 is 0 Å². The Labute approximate surface area is 168 Å². The van der Waals surface area contributed by atoms with E-state index in [-0.39, 0.29) is 49.1 Å². The molecule has 2 N–H and O–H groups in total. The van der Waals surface area contributed by atoms with E-state index in [4.69, 9.17) is 4.42 Å². The average Bonchev–Trinajstić information content (AvgIpc) is 3.16. The molecule has 0 bridgehead atoms. The van der Waals surface area contributed by atoms with Gasteiger partial charge >= 0.3 is 0 Å². The fourth-order valence-electron chi connectivity index (χ4n) is 2.70. The topological polar surface area (TPSA) is 87.5 Å². The van der Waals surface area contributed by atoms with Gasteiger partial charge in [0.25, 0.3) is 5.91 Å². The van der Waals surface area contributed by atoms with Gasteiger partial charge in [0, 0.05) is 31.1 Å². The van der Waals surface area contributed by atoms with E-state index >= 15 is 0 Å². The van der Waals surface area contributed by atoms with Gasteiger partial charge in [0.2, 0.25) is 5.91 Å². The summed E-state index contributed by atoms with van der Waals surface area (Å²) in [5.74, 6) is 0.370. The number of hydrogen-bond acceptors (Lipinski definition) is 6. The van der Waals surface area contributed by atoms with Crippen molar-refractivity contribution in [3.8, 4) is 0 Å². The fraction of sp³-hybridized carbons (Fsp3) is 0.438. The minimum atomic E-state index is -0.260. The lowest BCUT2D eigenvalue weighted by Gasteiger charge is -2.33. The highest BCUT2D eigenvalue weighted by atomic mass is 35.5. The number of carbonyl (C=O) groups excluding carboxylic acids is 2. The summed E-state index contributed by atoms with van der Waals surface area (Å²) in [5, 5.41) is 8.30. The molecular formula is C16H22Cl2N4O3S. The number of rotatable bonds is 4. The SMILES string of the molecule is Cc1occc1C(=O)Nc1nc(CC(=O)N2CCNCC2C)cs1.Cl.Cl. The van der Waals surface area contributed by atoms with Crippen molar-refractivity contribution in [2.24, 2.45) is 0 Å². The lowest BCUT2D eigenvalue weighted by Crippen LogP contribution is -2.52. The van der Waals surface area contributed by atoms with Gasteiger partial charge < -0.3 is 14.6 Å². The van der Waals surface area contributed by atoms with Gasteiger partial charge in [-0.2, -0.15) is 0 Å². The Morgan fingerprint density at radius 3 is 2.88 bits per heavy atom. The van der Waals surface area contributed by atoms with Crippen molar-refractivity contribution >= 4 is 53.1 Å². The zero-order valence-electron chi connectivity index (χ0n) is 14.5. The van der Waals surface area contributed by atoms with Gasteiger partial charge in [-0.25, -0.2) is 4.98 Å². The summed E-state index contributed by atoms with van der Waals surface area (Å²) in [5.41, 5.74) is 1.16. The van der Waals surface area contributed by atoms with Crippen molar-refractivity contribution in [2.45, 2.75) is 26.3 Å². The molecule has 0 saturated carbocycles. The Bertz CT molecular complexity index is 749. The summed E-state index contributed by atoms with van der Waals surface area (Å²) in [6.07, 6.45) is 1.73. The van der Waals surface area contributed by atoms with Gasteiger partial charge in [-0.05, 0) is 19.9 Å². The molecule has 1 aliphatic rings. The van der Waals surface area contributed by atoms with Crippen molar-refractivity contribution in [3.63, 3.8) is 0 Å². The van der Waals surface area contributed by atoms with Gasteiger partial charge in [-0.3, -0.25) is 14.9 Å². The lowest BCUT2D eigenvalue weighted by atomic mass is 10.2. The number of nitrogens with one attached hydrogen (secondary N) is 2. The molecule has 10 heteroatoms. The predicted octanol–water partition coefficient (Wildman–Crippen LogP) is 2.50. The van der Waals surface area contributed by atoms with E-state index in [0.717, 1.165) is 13.1 Å². The Morgan fingerprint density at radius 2 is 2.23 bits per heavy atom. The fourth-order valence-corrected chi connectivity index (χ4v) is 3.40. The molecule has 1 unspecified atom stereocenters. The Hall–Kier alpha value is -1.61. The molecule has 0 aliphatic carbocycles. The Kier molecular flexibility index (Phi) is 8.55. The second-order valence-corrected chi connectivity index (χ2v) is 6.66. The van der Waals surface area contributed by atoms with Crippen molar-refractivity contribution in [1.82, 2.24) is 15.2 Å². The number of nitrogens with zero attached hydrogens (tertiary/aromatic N) is 2. The van der Waals surface area contributed by atoms with Crippen LogP contribution in [0.15, 0.2) is 22.1 Å². The number of aromatic nitrogens is 1. The first-order valence-corrected chi connectivity index (χ1v) is 8.72. The maximum atomic E-state index is 12.4. The van der Waals surface area contributed by atoms with Crippen LogP contribution in [-0.2, 0) is 11.2 Å². The third-order valence-corrected chi connectivity index (χ3v) is 4.84. The van der Waals surface area contributed by atoms with Gasteiger partial charge in [0.15, 0.2) is 5.13 Å². The van der Waals surface area contributed by atoms with Crippen LogP contribution in [0.3, 0.4) is 0 Å². The van der Waals surface area contributed by atoms with Crippen molar-refractivity contribution in [3.05, 3.63) is 34.7 Å². The molecule has 26 heavy (non-hydrogen) atoms. The third-order valence-electron chi connectivity index (χ3n) is 4.03. The second-order valence-electron chi connectivity index (χ2n) is 5.81. The number of amides is 2. The predicted molar refractivity (Wildman–Crippen MR) is 106 cm³/mol. The van der Waals surface area contributed by atoms with Gasteiger partial charge in [0.1, 0.15) is 5.76 Å². The number of carbonyl (C=O) groups is 2. The molecule has 1 fully saturated rings. The highest BCUT2D eigenvalue weighted by Gasteiger charge is 2.23. The van der Waals surface area contributed by atoms with Crippen LogP contribution in [0.4, 0.5) is 5.13 Å². The summed E-state index contributed by atoms with van der Waals surface area (Å²) in [6, 6.07) is 1.81. The minimum Gasteiger partial charge on any atom is -0.469 e. The van der Waals surface area contributed by atoms with Crippen LogP contribution < -0.4 is 10.6 Å². The number of aryl methyl sites for hydroxylation is 1. The first kappa shape index (κ1) is 22.4. The summed E-state index contributed by atoms with van der Waals surface area (Å²) < 4.78 is 5.13. The monoisotopic (exact) mass is 420 g/mol. The van der Waals surface area contributed by atoms with Gasteiger partial charge in [-0.1, -0.05) is 0 Å². The number of halogens is 2. The van der Waals surface area contributed by atoms with Crippen LogP contribution >= 0.6 is 36.2 Å². The summed E-state index contributed by atoms with van der Waals surface area (Å²) >= 11 is 1.31. The number of anilines is 1. The van der Waals surface area contributed by atoms with Crippen LogP contribution in [0.25, 0.3) is 0 Å². The molecule has 0 aromatic carbocycles. The molecular weight excluding hydrogens is 399 g/mol. The molecule has 2 aromatic rings. The maximum Gasteiger partial charge on any atom is 0.260 e. The summed E-state index contributed by atoms with van der Waals surface area (Å²) in [6.45, 7) is 6.11. The van der Waals surface area contributed by atoms with Crippen molar-refractivity contribution < 1.29 is 14.0 Å². The molecule has 0 radical (unpaired) electrons. The zero-order chi connectivity index (χ0) is 17.1. The van der Waals surface area contributed by atoms with Gasteiger partial charge in [-0.15, -0.1) is 36.2 Å². The Morgan fingerprint density at radius 1 is 1.46 bits per heavy atom. The molecule has 1 saturated heterocycles. The zero-order valence-corrected chi connectivity index (χ0v) is 16.9. The smallest absolute Gasteiger partial charge is 0.260 e. The average molecular weight is 421 g/mol. The van der Waals surface area contributed by atoms with E-state index in [1.807, 2.05) is 17.2 Å². The van der Waals surface area contributed by atoms with Crippen LogP contribution in [0.2, 0.25) is 0 Å². The number of furan rings is 1. The highest BCUT2D eigenvalue weighted by Crippen LogP contribution is 2.19. The third kappa shape index (κ3) is 5.20. The van der Waals surface area contributed by atoms with E-state index in [1.54, 1.807) is 13.0 Å². The number of hydrogen-bond donors (Lipinski definition) is 2. The largest absolute Gasteiger partial charge is 0.469 e. The molecule has 2 amide bonds. The molecule has 1 aliphatic heterocycles. The summed E-state index contributed by atoms with van der Waals surface area (Å²) in [7, 11) is 0.